The number of ether oxygens (including phenoxy) is 2. The Hall–Kier alpha value is -5.64. The van der Waals surface area contributed by atoms with Gasteiger partial charge in [0.25, 0.3) is 0 Å². The third-order valence-electron chi connectivity index (χ3n) is 7.11. The molecule has 4 aromatic heterocycles. The van der Waals surface area contributed by atoms with E-state index in [2.05, 4.69) is 72.6 Å². The van der Waals surface area contributed by atoms with E-state index in [1.54, 1.807) is 48.1 Å². The minimum absolute atomic E-state index is 0.131. The third kappa shape index (κ3) is 9.75. The Bertz CT molecular complexity index is 2110. The van der Waals surface area contributed by atoms with Crippen LogP contribution in [-0.4, -0.2) is 67.8 Å². The maximum Gasteiger partial charge on any atom is 0.337 e. The quantitative estimate of drug-likeness (QED) is 0.123. The van der Waals surface area contributed by atoms with E-state index in [9.17, 15) is 9.59 Å². The Morgan fingerprint density at radius 2 is 1.25 bits per heavy atom. The second kappa shape index (κ2) is 16.8. The molecule has 3 N–H and O–H groups in total. The molecule has 0 aliphatic heterocycles. The number of nitrogens with zero attached hydrogens (tertiary/aromatic N) is 6. The summed E-state index contributed by atoms with van der Waals surface area (Å²) < 4.78 is 9.46. The summed E-state index contributed by atoms with van der Waals surface area (Å²) in [5, 5.41) is 17.0. The van der Waals surface area contributed by atoms with Gasteiger partial charge in [-0.2, -0.15) is 0 Å². The number of carbonyl (C=O) groups is 2. The molecule has 0 radical (unpaired) electrons. The van der Waals surface area contributed by atoms with E-state index < -0.39 is 11.9 Å². The van der Waals surface area contributed by atoms with E-state index >= 15 is 0 Å². The lowest BCUT2D eigenvalue weighted by molar-refractivity contribution is 0.0599. The van der Waals surface area contributed by atoms with E-state index in [0.29, 0.717) is 29.7 Å². The van der Waals surface area contributed by atoms with Crippen molar-refractivity contribution in [1.82, 2.24) is 29.9 Å². The summed E-state index contributed by atoms with van der Waals surface area (Å²) in [5.41, 5.74) is 6.62. The monoisotopic (exact) mass is 724 g/mol. The number of aromatic nitrogens is 6. The van der Waals surface area contributed by atoms with Gasteiger partial charge in [-0.3, -0.25) is 0 Å². The number of anilines is 4. The molecular weight excluding hydrogens is 689 g/mol. The fourth-order valence-electron chi connectivity index (χ4n) is 4.90. The van der Waals surface area contributed by atoms with Crippen molar-refractivity contribution in [1.29, 1.82) is 0 Å². The van der Waals surface area contributed by atoms with Crippen molar-refractivity contribution in [2.75, 3.05) is 31.5 Å². The molecule has 15 heteroatoms. The fraction of sp³-hybridized carbons (Fsp3) is 0.222. The molecule has 0 unspecified atom stereocenters. The van der Waals surface area contributed by atoms with Crippen molar-refractivity contribution >= 4 is 57.9 Å². The Morgan fingerprint density at radius 3 is 1.76 bits per heavy atom. The van der Waals surface area contributed by atoms with Crippen molar-refractivity contribution in [2.45, 2.75) is 34.1 Å². The molecule has 2 aromatic carbocycles. The van der Waals surface area contributed by atoms with Crippen molar-refractivity contribution in [3.63, 3.8) is 0 Å². The number of aliphatic hydroxyl groups excluding tert-OH is 1. The van der Waals surface area contributed by atoms with E-state index in [-0.39, 0.29) is 17.7 Å². The van der Waals surface area contributed by atoms with Crippen molar-refractivity contribution in [3.8, 4) is 21.4 Å². The molecular formula is C36H36N8O5S2. The molecule has 13 nitrogen and oxygen atoms in total. The molecule has 0 aliphatic carbocycles. The first-order chi connectivity index (χ1) is 24.5. The zero-order valence-electron chi connectivity index (χ0n) is 28.8. The molecule has 0 atom stereocenters. The van der Waals surface area contributed by atoms with Gasteiger partial charge in [-0.1, -0.05) is 6.07 Å². The van der Waals surface area contributed by atoms with Crippen molar-refractivity contribution in [3.05, 3.63) is 105 Å². The SMILES string of the molecule is COC(=O)c1cc(Nc2nccc(-c3ncc(C)s3)n2)cc(C(=O)OC)c1.Cc1cc(C)cc(Nc2nccc(-c3nc(C)c(CCO)s3)n2)c1. The van der Waals surface area contributed by atoms with Gasteiger partial charge in [0, 0.05) is 52.7 Å². The number of carbonyl (C=O) groups excluding carboxylic acids is 2. The van der Waals surface area contributed by atoms with Crippen molar-refractivity contribution in [2.24, 2.45) is 0 Å². The number of esters is 2. The van der Waals surface area contributed by atoms with Gasteiger partial charge in [0.05, 0.1) is 31.0 Å². The zero-order chi connectivity index (χ0) is 36.5. The zero-order valence-corrected chi connectivity index (χ0v) is 30.5. The molecule has 51 heavy (non-hydrogen) atoms. The average molecular weight is 725 g/mol. The van der Waals surface area contributed by atoms with Crippen LogP contribution in [0, 0.1) is 27.7 Å². The van der Waals surface area contributed by atoms with Crippen LogP contribution in [0.5, 0.6) is 0 Å². The van der Waals surface area contributed by atoms with E-state index in [1.165, 1.54) is 42.7 Å². The molecule has 4 heterocycles. The van der Waals surface area contributed by atoms with E-state index in [4.69, 9.17) is 14.6 Å². The van der Waals surface area contributed by atoms with E-state index in [0.717, 1.165) is 36.8 Å². The number of benzene rings is 2. The number of nitrogens with one attached hydrogen (secondary N) is 2. The molecule has 0 bridgehead atoms. The second-order valence-electron chi connectivity index (χ2n) is 11.2. The highest BCUT2D eigenvalue weighted by molar-refractivity contribution is 7.15. The topological polar surface area (TPSA) is 174 Å². The number of methoxy groups -OCH3 is 2. The predicted octanol–water partition coefficient (Wildman–Crippen LogP) is 7.03. The summed E-state index contributed by atoms with van der Waals surface area (Å²) in [7, 11) is 2.53. The first-order valence-electron chi connectivity index (χ1n) is 15.7. The van der Waals surface area contributed by atoms with Gasteiger partial charge >= 0.3 is 11.9 Å². The van der Waals surface area contributed by atoms with Gasteiger partial charge < -0.3 is 25.2 Å². The van der Waals surface area contributed by atoms with Crippen LogP contribution in [-0.2, 0) is 15.9 Å². The number of aliphatic hydroxyl groups is 1. The van der Waals surface area contributed by atoms with Crippen LogP contribution in [0.1, 0.15) is 47.3 Å². The summed E-state index contributed by atoms with van der Waals surface area (Å²) in [6.07, 6.45) is 5.74. The molecule has 0 spiro atoms. The summed E-state index contributed by atoms with van der Waals surface area (Å²) in [4.78, 5) is 52.3. The summed E-state index contributed by atoms with van der Waals surface area (Å²) >= 11 is 3.09. The van der Waals surface area contributed by atoms with Crippen LogP contribution in [0.15, 0.2) is 67.1 Å². The highest BCUT2D eigenvalue weighted by atomic mass is 32.1. The van der Waals surface area contributed by atoms with Crippen LogP contribution in [0.3, 0.4) is 0 Å². The van der Waals surface area contributed by atoms with E-state index in [1.807, 2.05) is 19.9 Å². The molecule has 0 saturated carbocycles. The lowest BCUT2D eigenvalue weighted by Crippen LogP contribution is -2.08. The predicted molar refractivity (Wildman–Crippen MR) is 198 cm³/mol. The maximum atomic E-state index is 11.9. The van der Waals surface area contributed by atoms with Gasteiger partial charge in [-0.05, 0) is 81.3 Å². The lowest BCUT2D eigenvalue weighted by atomic mass is 10.1. The molecule has 262 valence electrons. The molecule has 6 rings (SSSR count). The third-order valence-corrected chi connectivity index (χ3v) is 9.29. The Morgan fingerprint density at radius 1 is 0.706 bits per heavy atom. The first-order valence-corrected chi connectivity index (χ1v) is 17.3. The summed E-state index contributed by atoms with van der Waals surface area (Å²) in [6, 6.07) is 14.4. The second-order valence-corrected chi connectivity index (χ2v) is 13.5. The first kappa shape index (κ1) is 36.6. The van der Waals surface area contributed by atoms with Crippen LogP contribution in [0.25, 0.3) is 21.4 Å². The molecule has 0 saturated heterocycles. The van der Waals surface area contributed by atoms with Crippen LogP contribution < -0.4 is 10.6 Å². The Kier molecular flexibility index (Phi) is 12.1. The highest BCUT2D eigenvalue weighted by Crippen LogP contribution is 2.28. The van der Waals surface area contributed by atoms with Crippen LogP contribution in [0.4, 0.5) is 23.3 Å². The molecule has 0 fully saturated rings. The van der Waals surface area contributed by atoms with Gasteiger partial charge in [-0.15, -0.1) is 22.7 Å². The number of aryl methyl sites for hydroxylation is 4. The standard InChI is InChI=1S/C18H16N4O4S.C18H20N4OS/c1-10-9-20-15(27-10)14-4-5-19-18(22-14)21-13-7-11(16(23)25-2)6-12(8-13)17(24)26-3;1-11-8-12(2)10-14(9-11)21-18-19-6-4-15(22-18)17-20-13(3)16(24-17)5-7-23/h4-9H,1-3H3,(H,19,21,22);4,6,8-10,23H,5,7H2,1-3H3,(H,19,21,22). The Balaban J connectivity index is 0.000000199. The molecule has 0 aliphatic rings. The average Bonchev–Trinajstić information content (AvgIpc) is 3.72. The Labute approximate surface area is 302 Å². The number of rotatable bonds is 10. The van der Waals surface area contributed by atoms with Gasteiger partial charge in [0.2, 0.25) is 11.9 Å². The van der Waals surface area contributed by atoms with Gasteiger partial charge in [-0.25, -0.2) is 39.5 Å². The minimum atomic E-state index is -0.572. The normalized spacial score (nSPS) is 10.6. The highest BCUT2D eigenvalue weighted by Gasteiger charge is 2.15. The maximum absolute atomic E-state index is 11.9. The van der Waals surface area contributed by atoms with Gasteiger partial charge in [0.15, 0.2) is 0 Å². The van der Waals surface area contributed by atoms with Crippen molar-refractivity contribution < 1.29 is 24.2 Å². The van der Waals surface area contributed by atoms with Gasteiger partial charge in [0.1, 0.15) is 21.4 Å². The fourth-order valence-corrected chi connectivity index (χ4v) is 6.65. The van der Waals surface area contributed by atoms with Crippen LogP contribution in [0.2, 0.25) is 0 Å². The van der Waals surface area contributed by atoms with Crippen LogP contribution >= 0.6 is 22.7 Å². The lowest BCUT2D eigenvalue weighted by Gasteiger charge is -2.09. The molecule has 0 amide bonds. The smallest absolute Gasteiger partial charge is 0.337 e. The largest absolute Gasteiger partial charge is 0.465 e. The number of hydrogen-bond acceptors (Lipinski definition) is 15. The number of hydrogen-bond donors (Lipinski definition) is 3. The minimum Gasteiger partial charge on any atom is -0.465 e. The number of thiazole rings is 2. The molecule has 6 aromatic rings. The summed E-state index contributed by atoms with van der Waals surface area (Å²) in [5.74, 6) is -0.291. The summed E-state index contributed by atoms with van der Waals surface area (Å²) in [6.45, 7) is 8.19.